The van der Waals surface area contributed by atoms with Gasteiger partial charge in [-0.15, -0.1) is 0 Å². The summed E-state index contributed by atoms with van der Waals surface area (Å²) in [7, 11) is 0. The largest absolute Gasteiger partial charge is 0.383 e. The van der Waals surface area contributed by atoms with Crippen molar-refractivity contribution in [1.82, 2.24) is 9.13 Å². The Hall–Kier alpha value is -2.83. The van der Waals surface area contributed by atoms with Gasteiger partial charge in [-0.25, -0.2) is 4.79 Å². The lowest BCUT2D eigenvalue weighted by Gasteiger charge is -2.18. The molecule has 0 unspecified atom stereocenters. The molecular formula is C20H28N4O3. The van der Waals surface area contributed by atoms with Crippen LogP contribution in [0.3, 0.4) is 0 Å². The van der Waals surface area contributed by atoms with Crippen molar-refractivity contribution in [2.75, 3.05) is 11.1 Å². The molecule has 1 aromatic carbocycles. The van der Waals surface area contributed by atoms with Crippen molar-refractivity contribution in [3.63, 3.8) is 0 Å². The van der Waals surface area contributed by atoms with E-state index in [1.807, 2.05) is 44.2 Å². The number of nitrogens with one attached hydrogen (secondary N) is 1. The average Bonchev–Trinajstić information content (AvgIpc) is 2.66. The summed E-state index contributed by atoms with van der Waals surface area (Å²) >= 11 is 0. The molecule has 1 heterocycles. The highest BCUT2D eigenvalue weighted by atomic mass is 16.2. The molecule has 1 aromatic heterocycles. The molecule has 0 saturated heterocycles. The standard InChI is InChI=1S/C20H28N4O3/c1-4-11-23-17(21)16(19(26)24(12-5-2)20(23)27)22-18(25)14(3)13-15-9-7-6-8-10-15/h6-10,14H,4-5,11-13,21H2,1-3H3,(H,22,25)/t14-/m1/s1. The molecule has 7 heteroatoms. The van der Waals surface area contributed by atoms with Gasteiger partial charge in [0.05, 0.1) is 0 Å². The number of aromatic nitrogens is 2. The number of nitrogen functional groups attached to an aromatic ring is 1. The van der Waals surface area contributed by atoms with Gasteiger partial charge in [-0.05, 0) is 24.8 Å². The molecule has 0 spiro atoms. The Balaban J connectivity index is 2.35. The maximum absolute atomic E-state index is 12.7. The summed E-state index contributed by atoms with van der Waals surface area (Å²) in [6, 6.07) is 9.66. The Morgan fingerprint density at radius 2 is 1.67 bits per heavy atom. The van der Waals surface area contributed by atoms with E-state index >= 15 is 0 Å². The van der Waals surface area contributed by atoms with Crippen molar-refractivity contribution in [2.45, 2.75) is 53.1 Å². The number of anilines is 2. The number of rotatable bonds is 8. The normalized spacial score (nSPS) is 12.0. The highest BCUT2D eigenvalue weighted by molar-refractivity contribution is 5.94. The molecule has 1 atom stereocenters. The fourth-order valence-corrected chi connectivity index (χ4v) is 3.00. The lowest BCUT2D eigenvalue weighted by atomic mass is 10.0. The van der Waals surface area contributed by atoms with Gasteiger partial charge in [-0.3, -0.25) is 18.7 Å². The number of nitrogens with two attached hydrogens (primary N) is 1. The second-order valence-corrected chi connectivity index (χ2v) is 6.73. The van der Waals surface area contributed by atoms with Crippen molar-refractivity contribution in [3.8, 4) is 0 Å². The monoisotopic (exact) mass is 372 g/mol. The first kappa shape index (κ1) is 20.5. The van der Waals surface area contributed by atoms with Crippen LogP contribution in [0.1, 0.15) is 39.2 Å². The quantitative estimate of drug-likeness (QED) is 0.742. The van der Waals surface area contributed by atoms with E-state index in [4.69, 9.17) is 5.73 Å². The summed E-state index contributed by atoms with van der Waals surface area (Å²) in [6.45, 7) is 6.26. The van der Waals surface area contributed by atoms with E-state index in [1.54, 1.807) is 6.92 Å². The van der Waals surface area contributed by atoms with E-state index in [2.05, 4.69) is 5.32 Å². The van der Waals surface area contributed by atoms with Crippen molar-refractivity contribution in [3.05, 3.63) is 56.7 Å². The van der Waals surface area contributed by atoms with Gasteiger partial charge in [0.15, 0.2) is 0 Å². The Morgan fingerprint density at radius 3 is 2.26 bits per heavy atom. The number of carbonyl (C=O) groups excluding carboxylic acids is 1. The van der Waals surface area contributed by atoms with Crippen LogP contribution in [0.4, 0.5) is 11.5 Å². The molecule has 0 aliphatic carbocycles. The van der Waals surface area contributed by atoms with Gasteiger partial charge >= 0.3 is 5.69 Å². The number of hydrogen-bond donors (Lipinski definition) is 2. The Morgan fingerprint density at radius 1 is 1.07 bits per heavy atom. The van der Waals surface area contributed by atoms with Crippen molar-refractivity contribution >= 4 is 17.4 Å². The first-order valence-corrected chi connectivity index (χ1v) is 9.38. The van der Waals surface area contributed by atoms with Crippen LogP contribution in [0.2, 0.25) is 0 Å². The van der Waals surface area contributed by atoms with Crippen LogP contribution in [-0.2, 0) is 24.3 Å². The maximum Gasteiger partial charge on any atom is 0.332 e. The lowest BCUT2D eigenvalue weighted by Crippen LogP contribution is -2.43. The molecule has 27 heavy (non-hydrogen) atoms. The van der Waals surface area contributed by atoms with E-state index in [0.29, 0.717) is 25.8 Å². The Labute approximate surface area is 158 Å². The van der Waals surface area contributed by atoms with Crippen LogP contribution < -0.4 is 22.3 Å². The lowest BCUT2D eigenvalue weighted by molar-refractivity contribution is -0.119. The number of nitrogens with zero attached hydrogens (tertiary/aromatic N) is 2. The van der Waals surface area contributed by atoms with E-state index in [1.165, 1.54) is 4.57 Å². The fraction of sp³-hybridized carbons (Fsp3) is 0.450. The van der Waals surface area contributed by atoms with Crippen LogP contribution in [0.25, 0.3) is 0 Å². The minimum Gasteiger partial charge on any atom is -0.383 e. The van der Waals surface area contributed by atoms with Crippen LogP contribution in [0.15, 0.2) is 39.9 Å². The third-order valence-corrected chi connectivity index (χ3v) is 4.44. The summed E-state index contributed by atoms with van der Waals surface area (Å²) in [6.07, 6.45) is 1.86. The minimum absolute atomic E-state index is 0.0126. The maximum atomic E-state index is 12.7. The first-order valence-electron chi connectivity index (χ1n) is 9.38. The van der Waals surface area contributed by atoms with Gasteiger partial charge in [0, 0.05) is 19.0 Å². The van der Waals surface area contributed by atoms with Gasteiger partial charge < -0.3 is 11.1 Å². The minimum atomic E-state index is -0.549. The number of amides is 1. The summed E-state index contributed by atoms with van der Waals surface area (Å²) < 4.78 is 2.50. The molecule has 0 saturated carbocycles. The third-order valence-electron chi connectivity index (χ3n) is 4.44. The molecule has 0 radical (unpaired) electrons. The number of carbonyl (C=O) groups is 1. The van der Waals surface area contributed by atoms with Crippen molar-refractivity contribution in [2.24, 2.45) is 5.92 Å². The van der Waals surface area contributed by atoms with Crippen LogP contribution in [0, 0.1) is 5.92 Å². The molecule has 146 valence electrons. The summed E-state index contributed by atoms with van der Waals surface area (Å²) in [4.78, 5) is 37.9. The van der Waals surface area contributed by atoms with E-state index in [9.17, 15) is 14.4 Å². The molecule has 0 aliphatic rings. The van der Waals surface area contributed by atoms with Gasteiger partial charge in [0.1, 0.15) is 11.5 Å². The van der Waals surface area contributed by atoms with E-state index in [0.717, 1.165) is 10.1 Å². The zero-order chi connectivity index (χ0) is 20.0. The average molecular weight is 372 g/mol. The molecule has 1 amide bonds. The summed E-state index contributed by atoms with van der Waals surface area (Å²) in [5.41, 5.74) is 6.11. The molecule has 7 nitrogen and oxygen atoms in total. The summed E-state index contributed by atoms with van der Waals surface area (Å²) in [5.74, 6) is -0.635. The van der Waals surface area contributed by atoms with E-state index < -0.39 is 11.2 Å². The zero-order valence-corrected chi connectivity index (χ0v) is 16.2. The smallest absolute Gasteiger partial charge is 0.332 e. The predicted molar refractivity (Wildman–Crippen MR) is 108 cm³/mol. The molecule has 0 aliphatic heterocycles. The molecule has 2 rings (SSSR count). The van der Waals surface area contributed by atoms with Crippen molar-refractivity contribution in [1.29, 1.82) is 0 Å². The number of benzene rings is 1. The first-order chi connectivity index (χ1) is 12.9. The van der Waals surface area contributed by atoms with Crippen LogP contribution in [-0.4, -0.2) is 15.0 Å². The van der Waals surface area contributed by atoms with Crippen LogP contribution >= 0.6 is 0 Å². The molecule has 3 N–H and O–H groups in total. The SMILES string of the molecule is CCCn1c(N)c(NC(=O)[C@H](C)Cc2ccccc2)c(=O)n(CCC)c1=O. The third kappa shape index (κ3) is 4.67. The Bertz CT molecular complexity index is 900. The zero-order valence-electron chi connectivity index (χ0n) is 16.2. The van der Waals surface area contributed by atoms with Gasteiger partial charge in [-0.2, -0.15) is 0 Å². The topological polar surface area (TPSA) is 99.1 Å². The van der Waals surface area contributed by atoms with Crippen LogP contribution in [0.5, 0.6) is 0 Å². The van der Waals surface area contributed by atoms with Gasteiger partial charge in [0.25, 0.3) is 5.56 Å². The van der Waals surface area contributed by atoms with Gasteiger partial charge in [-0.1, -0.05) is 51.1 Å². The Kier molecular flexibility index (Phi) is 6.98. The highest BCUT2D eigenvalue weighted by Gasteiger charge is 2.21. The second kappa shape index (κ2) is 9.21. The highest BCUT2D eigenvalue weighted by Crippen LogP contribution is 2.15. The van der Waals surface area contributed by atoms with Gasteiger partial charge in [0.2, 0.25) is 5.91 Å². The molecule has 0 bridgehead atoms. The number of hydrogen-bond acceptors (Lipinski definition) is 4. The predicted octanol–water partition coefficient (Wildman–Crippen LogP) is 2.23. The molecule has 2 aromatic rings. The molecular weight excluding hydrogens is 344 g/mol. The second-order valence-electron chi connectivity index (χ2n) is 6.73. The molecule has 0 fully saturated rings. The fourth-order valence-electron chi connectivity index (χ4n) is 3.00. The summed E-state index contributed by atoms with van der Waals surface area (Å²) in [5, 5.41) is 2.67. The van der Waals surface area contributed by atoms with E-state index in [-0.39, 0.29) is 29.9 Å². The van der Waals surface area contributed by atoms with Crippen molar-refractivity contribution < 1.29 is 4.79 Å².